The number of rotatable bonds is 5. The van der Waals surface area contributed by atoms with Gasteiger partial charge < -0.3 is 9.13 Å². The molecule has 0 aliphatic heterocycles. The average Bonchev–Trinajstić information content (AvgIpc) is 3.94. The van der Waals surface area contributed by atoms with Crippen LogP contribution in [0.5, 0.6) is 0 Å². The molecule has 0 saturated heterocycles. The molecule has 0 radical (unpaired) electrons. The summed E-state index contributed by atoms with van der Waals surface area (Å²) in [5.41, 5.74) is 14.5. The van der Waals surface area contributed by atoms with E-state index in [4.69, 9.17) is 0 Å². The Balaban J connectivity index is 1.09. The summed E-state index contributed by atoms with van der Waals surface area (Å²) >= 11 is 1.86. The molecule has 0 saturated carbocycles. The Morgan fingerprint density at radius 3 is 1.68 bits per heavy atom. The summed E-state index contributed by atoms with van der Waals surface area (Å²) in [6.45, 7) is 0. The molecule has 0 bridgehead atoms. The maximum atomic E-state index is 2.47. The van der Waals surface area contributed by atoms with Crippen molar-refractivity contribution in [1.82, 2.24) is 9.13 Å². The van der Waals surface area contributed by atoms with E-state index in [0.717, 1.165) is 0 Å². The Morgan fingerprint density at radius 1 is 0.298 bits per heavy atom. The van der Waals surface area contributed by atoms with Crippen molar-refractivity contribution in [3.63, 3.8) is 0 Å². The molecule has 266 valence electrons. The molecule has 0 fully saturated rings. The van der Waals surface area contributed by atoms with Gasteiger partial charge in [-0.1, -0.05) is 140 Å². The lowest BCUT2D eigenvalue weighted by Crippen LogP contribution is -1.97. The van der Waals surface area contributed by atoms with Gasteiger partial charge in [-0.15, -0.1) is 11.3 Å². The summed E-state index contributed by atoms with van der Waals surface area (Å²) in [5, 5.41) is 7.63. The molecule has 12 aromatic rings. The van der Waals surface area contributed by atoms with Gasteiger partial charge in [0.05, 0.1) is 27.8 Å². The first-order chi connectivity index (χ1) is 28.3. The van der Waals surface area contributed by atoms with Crippen LogP contribution >= 0.6 is 11.3 Å². The van der Waals surface area contributed by atoms with Crippen LogP contribution in [-0.4, -0.2) is 9.13 Å². The summed E-state index contributed by atoms with van der Waals surface area (Å²) in [7, 11) is 0. The molecule has 3 aromatic heterocycles. The van der Waals surface area contributed by atoms with Gasteiger partial charge in [0.15, 0.2) is 0 Å². The lowest BCUT2D eigenvalue weighted by atomic mass is 9.97. The summed E-state index contributed by atoms with van der Waals surface area (Å²) < 4.78 is 7.54. The van der Waals surface area contributed by atoms with Crippen molar-refractivity contribution in [2.45, 2.75) is 0 Å². The normalized spacial score (nSPS) is 11.9. The Labute approximate surface area is 333 Å². The molecule has 0 aliphatic carbocycles. The molecule has 0 N–H and O–H groups in total. The second-order valence-corrected chi connectivity index (χ2v) is 16.0. The smallest absolute Gasteiger partial charge is 0.0547 e. The maximum absolute atomic E-state index is 2.47. The lowest BCUT2D eigenvalue weighted by molar-refractivity contribution is 1.18. The van der Waals surface area contributed by atoms with Gasteiger partial charge in [-0.05, 0) is 94.5 Å². The van der Waals surface area contributed by atoms with E-state index in [1.54, 1.807) is 0 Å². The number of hydrogen-bond donors (Lipinski definition) is 0. The number of hydrogen-bond acceptors (Lipinski definition) is 1. The van der Waals surface area contributed by atoms with Gasteiger partial charge in [0, 0.05) is 53.0 Å². The zero-order valence-corrected chi connectivity index (χ0v) is 31.7. The number of aromatic nitrogens is 2. The second kappa shape index (κ2) is 12.7. The molecule has 0 unspecified atom stereocenters. The number of benzene rings is 9. The molecule has 0 aliphatic rings. The van der Waals surface area contributed by atoms with Crippen LogP contribution in [0.3, 0.4) is 0 Å². The Hall–Kier alpha value is -7.20. The van der Waals surface area contributed by atoms with Gasteiger partial charge in [0.2, 0.25) is 0 Å². The fourth-order valence-corrected chi connectivity index (χ4v) is 10.3. The summed E-state index contributed by atoms with van der Waals surface area (Å²) in [6, 6.07) is 75.7. The Bertz CT molecular complexity index is 3510. The van der Waals surface area contributed by atoms with E-state index < -0.39 is 0 Å². The van der Waals surface area contributed by atoms with Gasteiger partial charge in [0.25, 0.3) is 0 Å². The molecule has 0 spiro atoms. The number of para-hydroxylation sites is 2. The van der Waals surface area contributed by atoms with Crippen molar-refractivity contribution in [3.8, 4) is 44.8 Å². The summed E-state index contributed by atoms with van der Waals surface area (Å²) in [4.78, 5) is 0. The fourth-order valence-electron chi connectivity index (χ4n) is 9.18. The van der Waals surface area contributed by atoms with E-state index >= 15 is 0 Å². The van der Waals surface area contributed by atoms with Crippen LogP contribution in [0.25, 0.3) is 109 Å². The van der Waals surface area contributed by atoms with E-state index in [-0.39, 0.29) is 0 Å². The third kappa shape index (κ3) is 4.96. The van der Waals surface area contributed by atoms with E-state index in [1.807, 2.05) is 11.3 Å². The number of thiophene rings is 1. The highest BCUT2D eigenvalue weighted by Gasteiger charge is 2.20. The van der Waals surface area contributed by atoms with Crippen molar-refractivity contribution in [2.75, 3.05) is 0 Å². The number of fused-ring (bicyclic) bond motifs is 9. The molecular weight excluding hydrogens is 709 g/mol. The van der Waals surface area contributed by atoms with Crippen LogP contribution in [0.15, 0.2) is 206 Å². The predicted molar refractivity (Wildman–Crippen MR) is 244 cm³/mol. The quantitative estimate of drug-likeness (QED) is 0.166. The molecule has 3 heterocycles. The summed E-state index contributed by atoms with van der Waals surface area (Å²) in [6.07, 6.45) is 0. The van der Waals surface area contributed by atoms with E-state index in [0.29, 0.717) is 0 Å². The molecule has 3 heteroatoms. The standard InChI is InChI=1S/C54H34N2S/c1-3-14-35(15-4-1)40-18-7-10-22-47(40)56-48-23-11-8-19-42(48)44-32-37(26-29-49(44)56)38-27-30-50-46(33-38)54-41(36-16-5-2-6-17-36)21-13-24-51(54)55(50)39-28-31-53-45(34-39)43-20-9-12-25-52(43)57-53/h1-34H. The molecule has 12 rings (SSSR count). The first-order valence-corrected chi connectivity index (χ1v) is 20.3. The minimum absolute atomic E-state index is 1.18. The maximum Gasteiger partial charge on any atom is 0.0547 e. The topological polar surface area (TPSA) is 9.86 Å². The fraction of sp³-hybridized carbons (Fsp3) is 0. The van der Waals surface area contributed by atoms with Gasteiger partial charge in [-0.25, -0.2) is 0 Å². The third-order valence-corrected chi connectivity index (χ3v) is 12.9. The van der Waals surface area contributed by atoms with E-state index in [1.165, 1.54) is 109 Å². The first kappa shape index (κ1) is 32.1. The highest BCUT2D eigenvalue weighted by atomic mass is 32.1. The van der Waals surface area contributed by atoms with Gasteiger partial charge in [0.1, 0.15) is 0 Å². The molecule has 0 atom stereocenters. The zero-order chi connectivity index (χ0) is 37.5. The molecule has 0 amide bonds. The SMILES string of the molecule is c1ccc(-c2ccccc2-n2c3ccccc3c3cc(-c4ccc5c(c4)c4c(-c6ccccc6)cccc4n5-c4ccc5sc6ccccc6c5c4)ccc32)cc1. The largest absolute Gasteiger partial charge is 0.309 e. The van der Waals surface area contributed by atoms with Crippen LogP contribution in [0, 0.1) is 0 Å². The van der Waals surface area contributed by atoms with Crippen molar-refractivity contribution >= 4 is 75.1 Å². The van der Waals surface area contributed by atoms with Crippen LogP contribution in [0.4, 0.5) is 0 Å². The minimum Gasteiger partial charge on any atom is -0.309 e. The van der Waals surface area contributed by atoms with Gasteiger partial charge in [-0.3, -0.25) is 0 Å². The monoisotopic (exact) mass is 742 g/mol. The highest BCUT2D eigenvalue weighted by molar-refractivity contribution is 7.25. The first-order valence-electron chi connectivity index (χ1n) is 19.5. The van der Waals surface area contributed by atoms with Crippen LogP contribution in [0.2, 0.25) is 0 Å². The van der Waals surface area contributed by atoms with Crippen LogP contribution < -0.4 is 0 Å². The van der Waals surface area contributed by atoms with Crippen LogP contribution in [0.1, 0.15) is 0 Å². The van der Waals surface area contributed by atoms with E-state index in [9.17, 15) is 0 Å². The molecule has 57 heavy (non-hydrogen) atoms. The Morgan fingerprint density at radius 2 is 0.877 bits per heavy atom. The van der Waals surface area contributed by atoms with Crippen LogP contribution in [-0.2, 0) is 0 Å². The van der Waals surface area contributed by atoms with Crippen molar-refractivity contribution in [1.29, 1.82) is 0 Å². The third-order valence-electron chi connectivity index (χ3n) is 11.7. The summed E-state index contributed by atoms with van der Waals surface area (Å²) in [5.74, 6) is 0. The highest BCUT2D eigenvalue weighted by Crippen LogP contribution is 2.43. The second-order valence-electron chi connectivity index (χ2n) is 14.9. The number of nitrogens with zero attached hydrogens (tertiary/aromatic N) is 2. The zero-order valence-electron chi connectivity index (χ0n) is 30.9. The van der Waals surface area contributed by atoms with Gasteiger partial charge in [-0.2, -0.15) is 0 Å². The van der Waals surface area contributed by atoms with Crippen molar-refractivity contribution in [3.05, 3.63) is 206 Å². The lowest BCUT2D eigenvalue weighted by Gasteiger charge is -2.14. The van der Waals surface area contributed by atoms with Crippen molar-refractivity contribution < 1.29 is 0 Å². The predicted octanol–water partition coefficient (Wildman–Crippen LogP) is 15.2. The molecule has 9 aromatic carbocycles. The Kier molecular flexibility index (Phi) is 7.13. The average molecular weight is 743 g/mol. The van der Waals surface area contributed by atoms with Crippen molar-refractivity contribution in [2.24, 2.45) is 0 Å². The minimum atomic E-state index is 1.18. The van der Waals surface area contributed by atoms with E-state index in [2.05, 4.69) is 215 Å². The molecule has 2 nitrogen and oxygen atoms in total. The van der Waals surface area contributed by atoms with Gasteiger partial charge >= 0.3 is 0 Å². The molecular formula is C54H34N2S.